The van der Waals surface area contributed by atoms with Gasteiger partial charge >= 0.3 is 0 Å². The lowest BCUT2D eigenvalue weighted by Crippen LogP contribution is -2.17. The predicted octanol–water partition coefficient (Wildman–Crippen LogP) is 6.66. The van der Waals surface area contributed by atoms with Crippen LogP contribution in [0, 0.1) is 0 Å². The summed E-state index contributed by atoms with van der Waals surface area (Å²) >= 11 is 8.08. The quantitative estimate of drug-likeness (QED) is 0.297. The second kappa shape index (κ2) is 8.75. The number of halogens is 1. The third-order valence-electron chi connectivity index (χ3n) is 5.35. The number of aromatic nitrogens is 2. The highest BCUT2D eigenvalue weighted by molar-refractivity contribution is 7.99. The second-order valence-corrected chi connectivity index (χ2v) is 8.96. The molecule has 0 amide bonds. The molecular formula is C26H21ClN2OS. The smallest absolute Gasteiger partial charge is 0.0812 e. The number of aliphatic hydroxyl groups excluding tert-OH is 1. The molecule has 0 aliphatic heterocycles. The van der Waals surface area contributed by atoms with Gasteiger partial charge in [0.15, 0.2) is 0 Å². The molecule has 0 bridgehead atoms. The van der Waals surface area contributed by atoms with E-state index in [2.05, 4.69) is 34.9 Å². The zero-order chi connectivity index (χ0) is 21.2. The fourth-order valence-electron chi connectivity index (χ4n) is 3.84. The number of hydrogen-bond acceptors (Lipinski definition) is 3. The van der Waals surface area contributed by atoms with Crippen molar-refractivity contribution in [1.29, 1.82) is 0 Å². The van der Waals surface area contributed by atoms with Crippen molar-refractivity contribution in [3.8, 4) is 11.3 Å². The average molecular weight is 445 g/mol. The Morgan fingerprint density at radius 1 is 0.935 bits per heavy atom. The molecule has 31 heavy (non-hydrogen) atoms. The van der Waals surface area contributed by atoms with Crippen LogP contribution in [0.25, 0.3) is 33.1 Å². The average Bonchev–Trinajstić information content (AvgIpc) is 3.20. The monoisotopic (exact) mass is 444 g/mol. The van der Waals surface area contributed by atoms with Gasteiger partial charge in [-0.2, -0.15) is 0 Å². The van der Waals surface area contributed by atoms with Crippen LogP contribution in [0.15, 0.2) is 96.0 Å². The van der Waals surface area contributed by atoms with E-state index in [9.17, 15) is 5.11 Å². The highest BCUT2D eigenvalue weighted by Crippen LogP contribution is 2.34. The van der Waals surface area contributed by atoms with Gasteiger partial charge in [-0.3, -0.25) is 0 Å². The van der Waals surface area contributed by atoms with Crippen molar-refractivity contribution < 1.29 is 5.11 Å². The van der Waals surface area contributed by atoms with Crippen molar-refractivity contribution in [2.75, 3.05) is 5.75 Å². The van der Waals surface area contributed by atoms with Crippen LogP contribution in [0.4, 0.5) is 0 Å². The zero-order valence-electron chi connectivity index (χ0n) is 16.8. The van der Waals surface area contributed by atoms with Gasteiger partial charge in [0.25, 0.3) is 0 Å². The number of pyridine rings is 1. The van der Waals surface area contributed by atoms with E-state index in [1.807, 2.05) is 60.8 Å². The maximum atomic E-state index is 10.8. The van der Waals surface area contributed by atoms with E-state index in [0.717, 1.165) is 32.6 Å². The van der Waals surface area contributed by atoms with Crippen LogP contribution < -0.4 is 0 Å². The number of hydrogen-bond donors (Lipinski definition) is 1. The topological polar surface area (TPSA) is 38.1 Å². The van der Waals surface area contributed by atoms with Crippen molar-refractivity contribution in [1.82, 2.24) is 9.55 Å². The van der Waals surface area contributed by atoms with E-state index < -0.39 is 6.10 Å². The van der Waals surface area contributed by atoms with E-state index in [-0.39, 0.29) is 0 Å². The van der Waals surface area contributed by atoms with Crippen LogP contribution in [0.1, 0.15) is 0 Å². The molecule has 1 atom stereocenters. The van der Waals surface area contributed by atoms with Crippen molar-refractivity contribution in [2.45, 2.75) is 17.5 Å². The lowest BCUT2D eigenvalue weighted by Gasteiger charge is -2.14. The predicted molar refractivity (Wildman–Crippen MR) is 131 cm³/mol. The minimum absolute atomic E-state index is 0.475. The summed E-state index contributed by atoms with van der Waals surface area (Å²) in [5.41, 5.74) is 3.82. The highest BCUT2D eigenvalue weighted by atomic mass is 35.5. The third-order valence-corrected chi connectivity index (χ3v) is 6.88. The van der Waals surface area contributed by atoms with Gasteiger partial charge < -0.3 is 9.67 Å². The fraction of sp³-hybridized carbons (Fsp3) is 0.115. The summed E-state index contributed by atoms with van der Waals surface area (Å²) in [6.45, 7) is 0.556. The summed E-state index contributed by atoms with van der Waals surface area (Å²) in [7, 11) is 0. The van der Waals surface area contributed by atoms with Crippen LogP contribution >= 0.6 is 23.4 Å². The third kappa shape index (κ3) is 4.19. The van der Waals surface area contributed by atoms with Gasteiger partial charge in [-0.15, -0.1) is 11.8 Å². The van der Waals surface area contributed by atoms with Crippen molar-refractivity contribution in [3.05, 3.63) is 96.1 Å². The summed E-state index contributed by atoms with van der Waals surface area (Å²) in [6, 6.07) is 28.3. The van der Waals surface area contributed by atoms with Gasteiger partial charge in [-0.05, 0) is 35.7 Å². The molecule has 0 fully saturated rings. The molecule has 0 aliphatic rings. The molecular weight excluding hydrogens is 424 g/mol. The summed E-state index contributed by atoms with van der Waals surface area (Å²) < 4.78 is 2.11. The van der Waals surface area contributed by atoms with E-state index in [1.54, 1.807) is 11.8 Å². The molecule has 2 aromatic heterocycles. The molecule has 3 aromatic carbocycles. The minimum atomic E-state index is -0.475. The summed E-state index contributed by atoms with van der Waals surface area (Å²) in [5, 5.41) is 13.7. The van der Waals surface area contributed by atoms with Crippen LogP contribution in [0.3, 0.4) is 0 Å². The second-order valence-electron chi connectivity index (χ2n) is 7.49. The summed E-state index contributed by atoms with van der Waals surface area (Å²) in [5.74, 6) is 0.586. The zero-order valence-corrected chi connectivity index (χ0v) is 18.4. The molecule has 1 unspecified atom stereocenters. The normalized spacial score (nSPS) is 12.5. The lowest BCUT2D eigenvalue weighted by atomic mass is 10.1. The van der Waals surface area contributed by atoms with E-state index >= 15 is 0 Å². The Kier molecular flexibility index (Phi) is 5.68. The van der Waals surface area contributed by atoms with E-state index in [1.165, 1.54) is 5.39 Å². The van der Waals surface area contributed by atoms with Crippen LogP contribution in [0.2, 0.25) is 5.02 Å². The van der Waals surface area contributed by atoms with Gasteiger partial charge in [0.1, 0.15) is 0 Å². The molecule has 3 nitrogen and oxygen atoms in total. The van der Waals surface area contributed by atoms with Gasteiger partial charge in [0, 0.05) is 44.9 Å². The molecule has 5 heteroatoms. The molecule has 0 radical (unpaired) electrons. The molecule has 2 heterocycles. The van der Waals surface area contributed by atoms with Gasteiger partial charge in [-0.25, -0.2) is 4.98 Å². The van der Waals surface area contributed by atoms with Crippen molar-refractivity contribution in [2.24, 2.45) is 0 Å². The fourth-order valence-corrected chi connectivity index (χ4v) is 5.07. The molecule has 154 valence electrons. The van der Waals surface area contributed by atoms with Crippen molar-refractivity contribution >= 4 is 45.2 Å². The maximum Gasteiger partial charge on any atom is 0.0812 e. The first-order valence-corrected chi connectivity index (χ1v) is 11.5. The molecule has 1 N–H and O–H groups in total. The van der Waals surface area contributed by atoms with Crippen molar-refractivity contribution in [3.63, 3.8) is 0 Å². The van der Waals surface area contributed by atoms with Gasteiger partial charge in [0.2, 0.25) is 0 Å². The standard InChI is InChI=1S/C26H21ClN2OS/c27-22-10-4-2-8-20(22)24-15-26(21-9-3-5-11-23(21)28-24)31-17-19(30)16-29-14-13-18-7-1-6-12-25(18)29/h1-15,19,30H,16-17H2. The molecule has 5 aromatic rings. The number of aliphatic hydroxyl groups is 1. The number of nitrogens with zero attached hydrogens (tertiary/aromatic N) is 2. The Labute approximate surface area is 190 Å². The first kappa shape index (κ1) is 20.1. The Balaban J connectivity index is 1.41. The first-order valence-electron chi connectivity index (χ1n) is 10.2. The Morgan fingerprint density at radius 3 is 2.61 bits per heavy atom. The maximum absolute atomic E-state index is 10.8. The highest BCUT2D eigenvalue weighted by Gasteiger charge is 2.13. The lowest BCUT2D eigenvalue weighted by molar-refractivity contribution is 0.180. The molecule has 0 saturated heterocycles. The van der Waals surface area contributed by atoms with E-state index in [0.29, 0.717) is 17.3 Å². The molecule has 0 spiro atoms. The number of para-hydroxylation sites is 2. The Morgan fingerprint density at radius 2 is 1.71 bits per heavy atom. The molecule has 0 saturated carbocycles. The number of benzene rings is 3. The number of fused-ring (bicyclic) bond motifs is 2. The summed E-state index contributed by atoms with van der Waals surface area (Å²) in [6.07, 6.45) is 1.56. The van der Waals surface area contributed by atoms with Crippen LogP contribution in [-0.4, -0.2) is 26.5 Å². The Hall–Kier alpha value is -2.79. The minimum Gasteiger partial charge on any atom is -0.390 e. The number of thioether (sulfide) groups is 1. The van der Waals surface area contributed by atoms with Gasteiger partial charge in [0.05, 0.1) is 17.3 Å². The van der Waals surface area contributed by atoms with Crippen LogP contribution in [0.5, 0.6) is 0 Å². The summed E-state index contributed by atoms with van der Waals surface area (Å²) in [4.78, 5) is 5.92. The molecule has 0 aliphatic carbocycles. The largest absolute Gasteiger partial charge is 0.390 e. The van der Waals surface area contributed by atoms with Gasteiger partial charge in [-0.1, -0.05) is 66.2 Å². The molecule has 5 rings (SSSR count). The van der Waals surface area contributed by atoms with E-state index in [4.69, 9.17) is 16.6 Å². The Bertz CT molecular complexity index is 1360. The SMILES string of the molecule is OC(CSc1cc(-c2ccccc2Cl)nc2ccccc12)Cn1ccc2ccccc21. The van der Waals surface area contributed by atoms with Crippen LogP contribution in [-0.2, 0) is 6.54 Å². The number of rotatable bonds is 6. The first-order chi connectivity index (χ1) is 15.2.